The van der Waals surface area contributed by atoms with Crippen molar-refractivity contribution in [3.05, 3.63) is 70.9 Å². The summed E-state index contributed by atoms with van der Waals surface area (Å²) in [7, 11) is 0. The zero-order chi connectivity index (χ0) is 12.5. The molecule has 3 rings (SSSR count). The van der Waals surface area contributed by atoms with E-state index in [-0.39, 0.29) is 5.78 Å². The van der Waals surface area contributed by atoms with Crippen LogP contribution in [-0.2, 0) is 0 Å². The first-order chi connectivity index (χ1) is 8.75. The van der Waals surface area contributed by atoms with Crippen molar-refractivity contribution >= 4 is 28.4 Å². The number of hydrogen-bond acceptors (Lipinski definition) is 2. The second kappa shape index (κ2) is 4.31. The third-order valence-corrected chi connectivity index (χ3v) is 3.10. The van der Waals surface area contributed by atoms with Crippen LogP contribution in [0.2, 0.25) is 5.02 Å². The van der Waals surface area contributed by atoms with Crippen LogP contribution in [0.15, 0.2) is 59.0 Å². The Morgan fingerprint density at radius 3 is 2.50 bits per heavy atom. The zero-order valence-electron chi connectivity index (χ0n) is 9.39. The highest BCUT2D eigenvalue weighted by Gasteiger charge is 2.15. The number of hydrogen-bond donors (Lipinski definition) is 0. The fraction of sp³-hybridized carbons (Fsp3) is 0. The number of ketones is 1. The van der Waals surface area contributed by atoms with Gasteiger partial charge in [0.05, 0.1) is 5.02 Å². The second-order valence-electron chi connectivity index (χ2n) is 3.96. The molecule has 0 saturated carbocycles. The van der Waals surface area contributed by atoms with Gasteiger partial charge in [0, 0.05) is 10.9 Å². The molecule has 1 aromatic heterocycles. The van der Waals surface area contributed by atoms with Crippen LogP contribution in [0.4, 0.5) is 0 Å². The topological polar surface area (TPSA) is 30.2 Å². The summed E-state index contributed by atoms with van der Waals surface area (Å²) in [5.74, 6) is 0.173. The maximum atomic E-state index is 12.2. The molecule has 3 heteroatoms. The number of furan rings is 1. The van der Waals surface area contributed by atoms with Crippen LogP contribution in [0.3, 0.4) is 0 Å². The maximum Gasteiger partial charge on any atom is 0.228 e. The lowest BCUT2D eigenvalue weighted by molar-refractivity contribution is 0.101. The van der Waals surface area contributed by atoms with Crippen LogP contribution in [0.1, 0.15) is 16.1 Å². The lowest BCUT2D eigenvalue weighted by Crippen LogP contribution is -1.98. The summed E-state index contributed by atoms with van der Waals surface area (Å²) in [6.45, 7) is 0. The fourth-order valence-corrected chi connectivity index (χ4v) is 2.09. The van der Waals surface area contributed by atoms with E-state index in [9.17, 15) is 4.79 Å². The van der Waals surface area contributed by atoms with Crippen molar-refractivity contribution < 1.29 is 9.21 Å². The Morgan fingerprint density at radius 2 is 1.78 bits per heavy atom. The van der Waals surface area contributed by atoms with Crippen LogP contribution < -0.4 is 0 Å². The highest BCUT2D eigenvalue weighted by atomic mass is 35.5. The Bertz CT molecular complexity index is 714. The van der Waals surface area contributed by atoms with Crippen LogP contribution in [-0.4, -0.2) is 5.78 Å². The first-order valence-corrected chi connectivity index (χ1v) is 5.91. The minimum absolute atomic E-state index is 0.136. The Hall–Kier alpha value is -2.06. The number of carbonyl (C=O) groups is 1. The summed E-state index contributed by atoms with van der Waals surface area (Å²) in [6.07, 6.45) is 0. The van der Waals surface area contributed by atoms with Crippen LogP contribution in [0.5, 0.6) is 0 Å². The highest BCUT2D eigenvalue weighted by Crippen LogP contribution is 2.27. The van der Waals surface area contributed by atoms with Gasteiger partial charge in [0.1, 0.15) is 5.58 Å². The molecule has 0 bridgehead atoms. The van der Waals surface area contributed by atoms with E-state index < -0.39 is 0 Å². The number of carbonyl (C=O) groups excluding carboxylic acids is 1. The molecule has 0 N–H and O–H groups in total. The fourth-order valence-electron chi connectivity index (χ4n) is 1.87. The summed E-state index contributed by atoms with van der Waals surface area (Å²) >= 11 is 6.05. The predicted molar refractivity (Wildman–Crippen MR) is 71.1 cm³/mol. The maximum absolute atomic E-state index is 12.2. The molecule has 88 valence electrons. The third kappa shape index (κ3) is 1.81. The molecule has 0 aliphatic carbocycles. The number of fused-ring (bicyclic) bond motifs is 1. The Balaban J connectivity index is 2.10. The Morgan fingerprint density at radius 1 is 1.00 bits per heavy atom. The predicted octanol–water partition coefficient (Wildman–Crippen LogP) is 4.32. The van der Waals surface area contributed by atoms with E-state index in [4.69, 9.17) is 16.0 Å². The number of benzene rings is 2. The molecule has 0 spiro atoms. The van der Waals surface area contributed by atoms with Crippen LogP contribution in [0, 0.1) is 0 Å². The van der Waals surface area contributed by atoms with Gasteiger partial charge >= 0.3 is 0 Å². The van der Waals surface area contributed by atoms with Gasteiger partial charge < -0.3 is 4.42 Å². The quantitative estimate of drug-likeness (QED) is 0.639. The summed E-state index contributed by atoms with van der Waals surface area (Å²) in [5, 5.41) is 1.35. The second-order valence-corrected chi connectivity index (χ2v) is 4.36. The Kier molecular flexibility index (Phi) is 2.65. The van der Waals surface area contributed by atoms with Crippen LogP contribution >= 0.6 is 11.6 Å². The van der Waals surface area contributed by atoms with Gasteiger partial charge in [-0.2, -0.15) is 0 Å². The van der Waals surface area contributed by atoms with Gasteiger partial charge in [-0.3, -0.25) is 4.79 Å². The van der Waals surface area contributed by atoms with Gasteiger partial charge in [-0.15, -0.1) is 0 Å². The molecule has 1 heterocycles. The van der Waals surface area contributed by atoms with E-state index in [1.54, 1.807) is 36.4 Å². The first-order valence-electron chi connectivity index (χ1n) is 5.53. The van der Waals surface area contributed by atoms with Crippen molar-refractivity contribution in [1.29, 1.82) is 0 Å². The van der Waals surface area contributed by atoms with E-state index >= 15 is 0 Å². The summed E-state index contributed by atoms with van der Waals surface area (Å²) in [5.41, 5.74) is 1.23. The van der Waals surface area contributed by atoms with E-state index in [0.29, 0.717) is 21.9 Å². The van der Waals surface area contributed by atoms with E-state index in [1.165, 1.54) is 0 Å². The van der Waals surface area contributed by atoms with E-state index in [2.05, 4.69) is 0 Å². The molecule has 18 heavy (non-hydrogen) atoms. The van der Waals surface area contributed by atoms with Gasteiger partial charge in [-0.05, 0) is 18.2 Å². The monoisotopic (exact) mass is 256 g/mol. The van der Waals surface area contributed by atoms with Crippen molar-refractivity contribution in [2.75, 3.05) is 0 Å². The number of rotatable bonds is 2. The molecule has 0 unspecified atom stereocenters. The molecule has 2 nitrogen and oxygen atoms in total. The van der Waals surface area contributed by atoms with Gasteiger partial charge in [0.2, 0.25) is 5.78 Å². The zero-order valence-corrected chi connectivity index (χ0v) is 10.1. The molecule has 0 saturated heterocycles. The largest absolute Gasteiger partial charge is 0.453 e. The Labute approximate surface area is 109 Å². The summed E-state index contributed by atoms with van der Waals surface area (Å²) < 4.78 is 5.53. The lowest BCUT2D eigenvalue weighted by atomic mass is 10.1. The average molecular weight is 257 g/mol. The molecule has 0 amide bonds. The number of halogens is 1. The smallest absolute Gasteiger partial charge is 0.228 e. The minimum Gasteiger partial charge on any atom is -0.453 e. The van der Waals surface area contributed by atoms with Gasteiger partial charge in [0.15, 0.2) is 5.76 Å². The molecular formula is C15H9ClO2. The molecule has 0 aliphatic rings. The lowest BCUT2D eigenvalue weighted by Gasteiger charge is -1.95. The summed E-state index contributed by atoms with van der Waals surface area (Å²) in [4.78, 5) is 12.2. The van der Waals surface area contributed by atoms with E-state index in [0.717, 1.165) is 5.39 Å². The van der Waals surface area contributed by atoms with Gasteiger partial charge in [-0.25, -0.2) is 0 Å². The average Bonchev–Trinajstić information content (AvgIpc) is 2.84. The molecule has 0 radical (unpaired) electrons. The summed E-state index contributed by atoms with van der Waals surface area (Å²) in [6, 6.07) is 16.1. The van der Waals surface area contributed by atoms with Crippen molar-refractivity contribution in [2.45, 2.75) is 0 Å². The third-order valence-electron chi connectivity index (χ3n) is 2.77. The van der Waals surface area contributed by atoms with Gasteiger partial charge in [-0.1, -0.05) is 48.0 Å². The van der Waals surface area contributed by atoms with Crippen molar-refractivity contribution in [3.63, 3.8) is 0 Å². The van der Waals surface area contributed by atoms with Crippen molar-refractivity contribution in [2.24, 2.45) is 0 Å². The standard InChI is InChI=1S/C15H9ClO2/c16-12-7-4-8-13-11(12)9-14(18-13)15(17)10-5-2-1-3-6-10/h1-9H. The molecular weight excluding hydrogens is 248 g/mol. The first kappa shape index (κ1) is 11.1. The molecule has 0 fully saturated rings. The highest BCUT2D eigenvalue weighted by molar-refractivity contribution is 6.35. The normalized spacial score (nSPS) is 10.7. The van der Waals surface area contributed by atoms with Gasteiger partial charge in [0.25, 0.3) is 0 Å². The van der Waals surface area contributed by atoms with Crippen LogP contribution in [0.25, 0.3) is 11.0 Å². The van der Waals surface area contributed by atoms with Crippen molar-refractivity contribution in [1.82, 2.24) is 0 Å². The molecule has 0 aliphatic heterocycles. The van der Waals surface area contributed by atoms with Crippen molar-refractivity contribution in [3.8, 4) is 0 Å². The minimum atomic E-state index is -0.136. The molecule has 3 aromatic rings. The SMILES string of the molecule is O=C(c1ccccc1)c1cc2c(Cl)cccc2o1. The molecule has 0 atom stereocenters. The molecule has 2 aromatic carbocycles. The van der Waals surface area contributed by atoms with E-state index in [1.807, 2.05) is 18.2 Å².